The Balaban J connectivity index is 3.44. The molecule has 0 bridgehead atoms. The molecule has 0 spiro atoms. The Hall–Kier alpha value is 0.960. The maximum absolute atomic E-state index is 5.44. The van der Waals surface area contributed by atoms with Gasteiger partial charge in [-0.05, 0) is 13.8 Å². The maximum Gasteiger partial charge on any atom is 0.108 e. The van der Waals surface area contributed by atoms with Crippen LogP contribution in [0.2, 0.25) is 0 Å². The minimum atomic E-state index is -0.989. The van der Waals surface area contributed by atoms with Crippen LogP contribution in [-0.2, 0) is 16.3 Å². The smallest absolute Gasteiger partial charge is 0.108 e. The summed E-state index contributed by atoms with van der Waals surface area (Å²) >= 11 is 6.91. The van der Waals surface area contributed by atoms with Crippen LogP contribution < -0.4 is 0 Å². The van der Waals surface area contributed by atoms with E-state index in [1.807, 2.05) is 13.8 Å². The minimum absolute atomic E-state index is 0.289. The summed E-state index contributed by atoms with van der Waals surface area (Å²) in [5.74, 6) is 0. The van der Waals surface area contributed by atoms with E-state index in [-0.39, 0.29) is 6.10 Å². The lowest BCUT2D eigenvalue weighted by molar-refractivity contribution is 0.284. The van der Waals surface area contributed by atoms with E-state index in [0.29, 0.717) is 5.25 Å². The quantitative estimate of drug-likeness (QED) is 0.642. The second kappa shape index (κ2) is 5.59. The second-order valence-electron chi connectivity index (χ2n) is 2.58. The van der Waals surface area contributed by atoms with Gasteiger partial charge in [-0.25, -0.2) is 0 Å². The predicted octanol–water partition coefficient (Wildman–Crippen LogP) is 3.06. The van der Waals surface area contributed by atoms with Crippen molar-refractivity contribution in [2.24, 2.45) is 0 Å². The van der Waals surface area contributed by atoms with E-state index in [0.717, 1.165) is 0 Å². The molecule has 0 fully saturated rings. The van der Waals surface area contributed by atoms with Crippen molar-refractivity contribution in [3.05, 3.63) is 0 Å². The molecule has 10 heavy (non-hydrogen) atoms. The van der Waals surface area contributed by atoms with Crippen LogP contribution in [0.25, 0.3) is 0 Å². The van der Waals surface area contributed by atoms with Crippen molar-refractivity contribution >= 4 is 29.3 Å². The number of hydrogen-bond acceptors (Lipinski definition) is 3. The van der Waals surface area contributed by atoms with Gasteiger partial charge in [0.05, 0.1) is 6.10 Å². The molecule has 0 saturated heterocycles. The average Bonchev–Trinajstić information content (AvgIpc) is 1.58. The molecule has 0 radical (unpaired) electrons. The zero-order chi connectivity index (χ0) is 8.15. The van der Waals surface area contributed by atoms with E-state index in [1.165, 1.54) is 0 Å². The topological polar surface area (TPSA) is 9.23 Å². The SMILES string of the molecule is CC(C)O[PH](=S)SC(C)C. The van der Waals surface area contributed by atoms with Crippen molar-refractivity contribution in [2.75, 3.05) is 0 Å². The van der Waals surface area contributed by atoms with Crippen LogP contribution in [0, 0.1) is 0 Å². The first-order valence-electron chi connectivity index (χ1n) is 3.39. The maximum atomic E-state index is 5.44. The third kappa shape index (κ3) is 7.07. The minimum Gasteiger partial charge on any atom is -0.341 e. The van der Waals surface area contributed by atoms with Gasteiger partial charge in [-0.15, -0.1) is 0 Å². The number of rotatable bonds is 4. The van der Waals surface area contributed by atoms with Crippen LogP contribution in [0.4, 0.5) is 0 Å². The van der Waals surface area contributed by atoms with Crippen molar-refractivity contribution in [1.82, 2.24) is 0 Å². The molecular formula is C6H15OPS2. The molecule has 0 rings (SSSR count). The highest BCUT2D eigenvalue weighted by Gasteiger charge is 2.01. The van der Waals surface area contributed by atoms with Gasteiger partial charge in [0.25, 0.3) is 0 Å². The van der Waals surface area contributed by atoms with Crippen molar-refractivity contribution in [3.8, 4) is 0 Å². The first-order chi connectivity index (χ1) is 4.52. The Morgan fingerprint density at radius 3 is 2.10 bits per heavy atom. The Morgan fingerprint density at radius 2 is 1.80 bits per heavy atom. The van der Waals surface area contributed by atoms with Crippen LogP contribution in [0.3, 0.4) is 0 Å². The van der Waals surface area contributed by atoms with E-state index < -0.39 is 6.13 Å². The highest BCUT2D eigenvalue weighted by atomic mass is 32.9. The lowest BCUT2D eigenvalue weighted by atomic mass is 10.5. The normalized spacial score (nSPS) is 14.6. The summed E-state index contributed by atoms with van der Waals surface area (Å²) in [6.07, 6.45) is -0.699. The van der Waals surface area contributed by atoms with Crippen molar-refractivity contribution in [2.45, 2.75) is 39.0 Å². The van der Waals surface area contributed by atoms with Crippen LogP contribution >= 0.6 is 17.5 Å². The van der Waals surface area contributed by atoms with E-state index in [2.05, 4.69) is 13.8 Å². The van der Waals surface area contributed by atoms with E-state index in [4.69, 9.17) is 16.3 Å². The van der Waals surface area contributed by atoms with Gasteiger partial charge in [0.15, 0.2) is 0 Å². The molecule has 0 aliphatic rings. The molecule has 4 heteroatoms. The molecule has 1 atom stereocenters. The standard InChI is InChI=1S/C6H15OPS2/c1-5(2)7-8(9)10-6(3)4/h5-6,8H,1-4H3. The van der Waals surface area contributed by atoms with Gasteiger partial charge < -0.3 is 4.52 Å². The van der Waals surface area contributed by atoms with Gasteiger partial charge in [0, 0.05) is 5.25 Å². The fourth-order valence-corrected chi connectivity index (χ4v) is 5.45. The largest absolute Gasteiger partial charge is 0.341 e. The molecule has 1 nitrogen and oxygen atoms in total. The average molecular weight is 198 g/mol. The molecular weight excluding hydrogens is 183 g/mol. The molecule has 0 N–H and O–H groups in total. The third-order valence-electron chi connectivity index (χ3n) is 0.664. The van der Waals surface area contributed by atoms with Gasteiger partial charge in [-0.3, -0.25) is 0 Å². The zero-order valence-electron chi connectivity index (χ0n) is 6.88. The molecule has 0 aromatic rings. The highest BCUT2D eigenvalue weighted by Crippen LogP contribution is 2.43. The van der Waals surface area contributed by atoms with Crippen LogP contribution in [0.5, 0.6) is 0 Å². The highest BCUT2D eigenvalue weighted by molar-refractivity contribution is 8.63. The predicted molar refractivity (Wildman–Crippen MR) is 54.6 cm³/mol. The lowest BCUT2D eigenvalue weighted by Gasteiger charge is -2.10. The van der Waals surface area contributed by atoms with Gasteiger partial charge in [0.2, 0.25) is 0 Å². The summed E-state index contributed by atoms with van der Waals surface area (Å²) < 4.78 is 5.44. The van der Waals surface area contributed by atoms with Crippen molar-refractivity contribution in [1.29, 1.82) is 0 Å². The fourth-order valence-electron chi connectivity index (χ4n) is 0.413. The van der Waals surface area contributed by atoms with E-state index in [1.54, 1.807) is 11.4 Å². The zero-order valence-corrected chi connectivity index (χ0v) is 9.51. The molecule has 0 heterocycles. The summed E-state index contributed by atoms with van der Waals surface area (Å²) in [5, 5.41) is 0.602. The first-order valence-corrected chi connectivity index (χ1v) is 7.54. The van der Waals surface area contributed by atoms with Gasteiger partial charge in [0.1, 0.15) is 6.13 Å². The van der Waals surface area contributed by atoms with Crippen molar-refractivity contribution < 1.29 is 4.52 Å². The van der Waals surface area contributed by atoms with Crippen LogP contribution in [-0.4, -0.2) is 11.4 Å². The molecule has 0 amide bonds. The molecule has 0 saturated carbocycles. The van der Waals surface area contributed by atoms with Gasteiger partial charge >= 0.3 is 0 Å². The summed E-state index contributed by atoms with van der Waals surface area (Å²) in [4.78, 5) is 0. The van der Waals surface area contributed by atoms with E-state index in [9.17, 15) is 0 Å². The molecule has 62 valence electrons. The van der Waals surface area contributed by atoms with Crippen LogP contribution in [0.15, 0.2) is 0 Å². The Morgan fingerprint density at radius 1 is 1.30 bits per heavy atom. The molecule has 0 aliphatic carbocycles. The Bertz CT molecular complexity index is 102. The fraction of sp³-hybridized carbons (Fsp3) is 1.00. The molecule has 1 unspecified atom stereocenters. The molecule has 0 aromatic heterocycles. The van der Waals surface area contributed by atoms with Gasteiger partial charge in [-0.2, -0.15) is 0 Å². The first kappa shape index (κ1) is 11.0. The summed E-state index contributed by atoms with van der Waals surface area (Å²) in [6.45, 7) is 8.34. The third-order valence-corrected chi connectivity index (χ3v) is 5.43. The van der Waals surface area contributed by atoms with E-state index >= 15 is 0 Å². The summed E-state index contributed by atoms with van der Waals surface area (Å²) in [6, 6.07) is 0. The molecule has 0 aliphatic heterocycles. The van der Waals surface area contributed by atoms with Gasteiger partial charge in [-0.1, -0.05) is 37.0 Å². The van der Waals surface area contributed by atoms with Crippen molar-refractivity contribution in [3.63, 3.8) is 0 Å². The lowest BCUT2D eigenvalue weighted by Crippen LogP contribution is -1.93. The summed E-state index contributed by atoms with van der Waals surface area (Å²) in [7, 11) is 0. The number of hydrogen-bond donors (Lipinski definition) is 0. The Kier molecular flexibility index (Phi) is 6.13. The monoisotopic (exact) mass is 198 g/mol. The molecule has 0 aromatic carbocycles. The second-order valence-corrected chi connectivity index (χ2v) is 8.20. The summed E-state index contributed by atoms with van der Waals surface area (Å²) in [5.41, 5.74) is 0. The van der Waals surface area contributed by atoms with Crippen LogP contribution in [0.1, 0.15) is 27.7 Å². The Labute approximate surface area is 73.2 Å².